The fourth-order valence-electron chi connectivity index (χ4n) is 2.75. The lowest BCUT2D eigenvalue weighted by Crippen LogP contribution is -2.29. The van der Waals surface area contributed by atoms with E-state index in [9.17, 15) is 23.8 Å². The van der Waals surface area contributed by atoms with Gasteiger partial charge in [0.15, 0.2) is 11.1 Å². The van der Waals surface area contributed by atoms with Gasteiger partial charge in [-0.3, -0.25) is 0 Å². The summed E-state index contributed by atoms with van der Waals surface area (Å²) >= 11 is 1.03. The first-order chi connectivity index (χ1) is 10.5. The highest BCUT2D eigenvalue weighted by Crippen LogP contribution is 2.43. The zero-order valence-corrected chi connectivity index (χ0v) is 15.2. The summed E-state index contributed by atoms with van der Waals surface area (Å²) in [6, 6.07) is 1.57. The fourth-order valence-corrected chi connectivity index (χ4v) is 3.73. The number of phenolic OH excluding ortho intramolecular Hbond substituents is 1. The second-order valence-electron chi connectivity index (χ2n) is 5.85. The van der Waals surface area contributed by atoms with E-state index >= 15 is 0 Å². The molecule has 0 amide bonds. The molecule has 0 radical (unpaired) electrons. The smallest absolute Gasteiger partial charge is 0.338 e. The van der Waals surface area contributed by atoms with Crippen molar-refractivity contribution in [3.63, 3.8) is 0 Å². The molecule has 0 fully saturated rings. The van der Waals surface area contributed by atoms with Crippen molar-refractivity contribution in [2.75, 3.05) is 0 Å². The number of nitrogens with two attached hydrogens (primary N) is 1. The van der Waals surface area contributed by atoms with Gasteiger partial charge < -0.3 is 25.1 Å². The number of fused-ring (bicyclic) bond motifs is 1. The molecule has 0 aliphatic heterocycles. The third-order valence-electron chi connectivity index (χ3n) is 3.66. The lowest BCUT2D eigenvalue weighted by atomic mass is 9.89. The molecular weight excluding hydrogens is 388 g/mol. The Hall–Kier alpha value is -1.42. The zero-order valence-electron chi connectivity index (χ0n) is 12.8. The van der Waals surface area contributed by atoms with Crippen LogP contribution in [0.25, 0.3) is 10.9 Å². The molecule has 0 aliphatic carbocycles. The molecular formula is C14H17BrN2O5S. The molecule has 1 unspecified atom stereocenters. The van der Waals surface area contributed by atoms with Crippen molar-refractivity contribution in [1.29, 1.82) is 0 Å². The maximum absolute atomic E-state index is 11.8. The molecule has 1 aromatic carbocycles. The molecule has 0 saturated heterocycles. The number of nitrogens with zero attached hydrogens (tertiary/aromatic N) is 1. The average molecular weight is 405 g/mol. The van der Waals surface area contributed by atoms with Crippen molar-refractivity contribution in [3.05, 3.63) is 27.4 Å². The summed E-state index contributed by atoms with van der Waals surface area (Å²) in [6.07, 6.45) is 0. The molecule has 23 heavy (non-hydrogen) atoms. The molecule has 1 heterocycles. The van der Waals surface area contributed by atoms with E-state index in [1.807, 2.05) is 0 Å². The summed E-state index contributed by atoms with van der Waals surface area (Å²) in [5.74, 6) is -1.73. The predicted molar refractivity (Wildman–Crippen MR) is 90.9 cm³/mol. The lowest BCUT2D eigenvalue weighted by molar-refractivity contribution is 0.0698. The minimum Gasteiger partial charge on any atom is -0.506 e. The predicted octanol–water partition coefficient (Wildman–Crippen LogP) is 2.26. The highest BCUT2D eigenvalue weighted by molar-refractivity contribution is 9.10. The minimum atomic E-state index is -2.21. The molecule has 1 atom stereocenters. The van der Waals surface area contributed by atoms with E-state index in [2.05, 4.69) is 15.9 Å². The number of hydrogen-bond acceptors (Lipinski definition) is 4. The van der Waals surface area contributed by atoms with Crippen LogP contribution in [-0.2, 0) is 29.4 Å². The van der Waals surface area contributed by atoms with E-state index in [1.165, 1.54) is 4.57 Å². The van der Waals surface area contributed by atoms with Crippen molar-refractivity contribution in [2.24, 2.45) is 12.8 Å². The van der Waals surface area contributed by atoms with Crippen molar-refractivity contribution in [3.8, 4) is 5.75 Å². The van der Waals surface area contributed by atoms with Gasteiger partial charge in [-0.25, -0.2) is 9.00 Å². The van der Waals surface area contributed by atoms with E-state index in [4.69, 9.17) is 5.73 Å². The van der Waals surface area contributed by atoms with Gasteiger partial charge in [-0.15, -0.1) is 0 Å². The van der Waals surface area contributed by atoms with E-state index in [0.717, 1.165) is 0 Å². The molecule has 0 aliphatic rings. The summed E-state index contributed by atoms with van der Waals surface area (Å²) in [6.45, 7) is 3.30. The second kappa shape index (κ2) is 5.90. The third-order valence-corrected chi connectivity index (χ3v) is 4.78. The second-order valence-corrected chi connectivity index (χ2v) is 7.64. The molecule has 7 nitrogen and oxygen atoms in total. The van der Waals surface area contributed by atoms with E-state index in [1.54, 1.807) is 27.0 Å². The normalized spacial score (nSPS) is 13.5. The Morgan fingerprint density at radius 3 is 2.48 bits per heavy atom. The average Bonchev–Trinajstić information content (AvgIpc) is 2.62. The minimum absolute atomic E-state index is 0.124. The summed E-state index contributed by atoms with van der Waals surface area (Å²) < 4.78 is 22.3. The Kier molecular flexibility index (Phi) is 4.60. The monoisotopic (exact) mass is 404 g/mol. The van der Waals surface area contributed by atoms with Crippen LogP contribution in [0.2, 0.25) is 0 Å². The number of aromatic hydroxyl groups is 1. The Balaban J connectivity index is 3.09. The summed E-state index contributed by atoms with van der Waals surface area (Å²) in [5.41, 5.74) is 5.95. The molecule has 9 heteroatoms. The molecule has 2 aromatic rings. The highest BCUT2D eigenvalue weighted by atomic mass is 79.9. The Bertz CT molecular complexity index is 838. The van der Waals surface area contributed by atoms with Gasteiger partial charge >= 0.3 is 5.97 Å². The van der Waals surface area contributed by atoms with Gasteiger partial charge in [-0.1, -0.05) is 0 Å². The number of carbonyl (C=O) groups is 1. The summed E-state index contributed by atoms with van der Waals surface area (Å²) in [7, 11) is 1.60. The van der Waals surface area contributed by atoms with Gasteiger partial charge in [0.25, 0.3) is 0 Å². The Labute approximate surface area is 143 Å². The number of carboxylic acids is 1. The van der Waals surface area contributed by atoms with Crippen LogP contribution < -0.4 is 5.73 Å². The lowest BCUT2D eigenvalue weighted by Gasteiger charge is -2.23. The zero-order chi connectivity index (χ0) is 17.7. The number of aromatic nitrogens is 1. The first kappa shape index (κ1) is 17.9. The van der Waals surface area contributed by atoms with Crippen LogP contribution in [0, 0.1) is 0 Å². The van der Waals surface area contributed by atoms with Crippen molar-refractivity contribution >= 4 is 43.9 Å². The van der Waals surface area contributed by atoms with Crippen LogP contribution in [0.15, 0.2) is 10.5 Å². The van der Waals surface area contributed by atoms with Gasteiger partial charge in [0, 0.05) is 29.2 Å². The van der Waals surface area contributed by atoms with E-state index in [-0.39, 0.29) is 33.7 Å². The Morgan fingerprint density at radius 2 is 2.04 bits per heavy atom. The number of aryl methyl sites for hydroxylation is 1. The van der Waals surface area contributed by atoms with Crippen LogP contribution in [-0.4, -0.2) is 29.5 Å². The molecule has 5 N–H and O–H groups in total. The van der Waals surface area contributed by atoms with Crippen molar-refractivity contribution in [2.45, 2.75) is 25.1 Å². The van der Waals surface area contributed by atoms with Gasteiger partial charge in [0.2, 0.25) is 0 Å². The molecule has 2 rings (SSSR count). The SMILES string of the molecule is Cn1c(CS(=O)O)c(C(=O)O)c2c(C(C)(C)N)c(O)c(Br)cc21. The highest BCUT2D eigenvalue weighted by Gasteiger charge is 2.31. The van der Waals surface area contributed by atoms with E-state index < -0.39 is 22.6 Å². The number of rotatable bonds is 4. The number of carboxylic acid groups (broad SMARTS) is 1. The topological polar surface area (TPSA) is 126 Å². The first-order valence-corrected chi connectivity index (χ1v) is 8.66. The number of hydrogen-bond donors (Lipinski definition) is 4. The number of phenols is 1. The van der Waals surface area contributed by atoms with Gasteiger partial charge in [-0.2, -0.15) is 0 Å². The van der Waals surface area contributed by atoms with Gasteiger partial charge in [0.05, 0.1) is 21.3 Å². The van der Waals surface area contributed by atoms with Crippen molar-refractivity contribution in [1.82, 2.24) is 4.57 Å². The molecule has 126 valence electrons. The van der Waals surface area contributed by atoms with Gasteiger partial charge in [0.1, 0.15) is 5.75 Å². The maximum Gasteiger partial charge on any atom is 0.338 e. The largest absolute Gasteiger partial charge is 0.506 e. The summed E-state index contributed by atoms with van der Waals surface area (Å²) in [5, 5.41) is 20.3. The van der Waals surface area contributed by atoms with Crippen LogP contribution in [0.5, 0.6) is 5.75 Å². The third kappa shape index (κ3) is 3.01. The standard InChI is InChI=1S/C14H17BrN2O5S/c1-14(2,16)11-9-7(4-6(15)12(11)18)17(3)8(5-23(21)22)10(9)13(19)20/h4,18H,5,16H2,1-3H3,(H,19,20)(H,21,22). The van der Waals surface area contributed by atoms with Crippen molar-refractivity contribution < 1.29 is 23.8 Å². The summed E-state index contributed by atoms with van der Waals surface area (Å²) in [4.78, 5) is 11.8. The first-order valence-electron chi connectivity index (χ1n) is 6.59. The fraction of sp³-hybridized carbons (Fsp3) is 0.357. The number of aromatic carboxylic acids is 1. The molecule has 0 spiro atoms. The van der Waals surface area contributed by atoms with E-state index in [0.29, 0.717) is 9.99 Å². The maximum atomic E-state index is 11.8. The quantitative estimate of drug-likeness (QED) is 0.578. The Morgan fingerprint density at radius 1 is 1.48 bits per heavy atom. The van der Waals surface area contributed by atoms with Crippen LogP contribution >= 0.6 is 15.9 Å². The van der Waals surface area contributed by atoms with Crippen LogP contribution in [0.4, 0.5) is 0 Å². The van der Waals surface area contributed by atoms with Crippen LogP contribution in [0.1, 0.15) is 35.5 Å². The molecule has 1 aromatic heterocycles. The molecule has 0 bridgehead atoms. The van der Waals surface area contributed by atoms with Gasteiger partial charge in [-0.05, 0) is 35.8 Å². The number of halogens is 1. The van der Waals surface area contributed by atoms with Crippen LogP contribution in [0.3, 0.4) is 0 Å². The number of benzene rings is 1. The molecule has 0 saturated carbocycles.